The van der Waals surface area contributed by atoms with Crippen molar-refractivity contribution in [1.82, 2.24) is 25.1 Å². The molecule has 9 heteroatoms. The molecule has 2 N–H and O–H groups in total. The average molecular weight is 416 g/mol. The highest BCUT2D eigenvalue weighted by molar-refractivity contribution is 7.71. The van der Waals surface area contributed by atoms with Crippen molar-refractivity contribution < 1.29 is 9.53 Å². The van der Waals surface area contributed by atoms with Crippen LogP contribution in [0.5, 0.6) is 5.75 Å². The summed E-state index contributed by atoms with van der Waals surface area (Å²) in [5.41, 5.74) is 1.71. The molecule has 0 atom stereocenters. The number of amides is 1. The quantitative estimate of drug-likeness (QED) is 0.433. The summed E-state index contributed by atoms with van der Waals surface area (Å²) in [4.78, 5) is 16.6. The molecule has 1 aromatic carbocycles. The van der Waals surface area contributed by atoms with E-state index in [4.69, 9.17) is 17.0 Å². The third-order valence-corrected chi connectivity index (χ3v) is 5.08. The van der Waals surface area contributed by atoms with E-state index < -0.39 is 0 Å². The summed E-state index contributed by atoms with van der Waals surface area (Å²) >= 11 is 6.74. The summed E-state index contributed by atoms with van der Waals surface area (Å²) in [6, 6.07) is 7.56. The number of benzene rings is 1. The lowest BCUT2D eigenvalue weighted by Gasteiger charge is -2.08. The van der Waals surface area contributed by atoms with Gasteiger partial charge in [0.15, 0.2) is 10.6 Å². The van der Waals surface area contributed by atoms with Gasteiger partial charge in [-0.1, -0.05) is 18.2 Å². The van der Waals surface area contributed by atoms with Crippen LogP contribution in [0.3, 0.4) is 0 Å². The molecule has 3 rings (SSSR count). The number of thiazole rings is 1. The summed E-state index contributed by atoms with van der Waals surface area (Å²) in [6.07, 6.45) is 3.21. The van der Waals surface area contributed by atoms with Crippen LogP contribution < -0.4 is 10.1 Å². The van der Waals surface area contributed by atoms with Crippen molar-refractivity contribution >= 4 is 35.5 Å². The molecule has 0 fully saturated rings. The average Bonchev–Trinajstić information content (AvgIpc) is 3.28. The maximum atomic E-state index is 12.2. The molecule has 0 spiro atoms. The molecule has 28 heavy (non-hydrogen) atoms. The first-order valence-corrected chi connectivity index (χ1v) is 10.1. The fraction of sp³-hybridized carbons (Fsp3) is 0.263. The Balaban J connectivity index is 1.60. The highest BCUT2D eigenvalue weighted by Gasteiger charge is 2.06. The minimum absolute atomic E-state index is 0.221. The highest BCUT2D eigenvalue weighted by atomic mass is 32.1. The number of aryl methyl sites for hydroxylation is 1. The maximum absolute atomic E-state index is 12.2. The fourth-order valence-electron chi connectivity index (χ4n) is 2.58. The normalized spacial score (nSPS) is 11.1. The first-order valence-electron chi connectivity index (χ1n) is 8.79. The lowest BCUT2D eigenvalue weighted by Crippen LogP contribution is -2.22. The Morgan fingerprint density at radius 3 is 3.00 bits per heavy atom. The van der Waals surface area contributed by atoms with Crippen molar-refractivity contribution in [2.45, 2.75) is 33.5 Å². The molecule has 0 saturated carbocycles. The third kappa shape index (κ3) is 5.14. The number of carbonyl (C=O) groups is 1. The van der Waals surface area contributed by atoms with E-state index in [-0.39, 0.29) is 5.91 Å². The first-order chi connectivity index (χ1) is 13.6. The number of nitrogens with one attached hydrogen (secondary N) is 2. The molecule has 0 aliphatic heterocycles. The Bertz CT molecular complexity index is 1030. The van der Waals surface area contributed by atoms with Crippen LogP contribution in [0.2, 0.25) is 0 Å². The molecule has 0 unspecified atom stereocenters. The number of hydrogen-bond acceptors (Lipinski definition) is 6. The predicted octanol–water partition coefficient (Wildman–Crippen LogP) is 3.63. The molecule has 0 aliphatic rings. The highest BCUT2D eigenvalue weighted by Crippen LogP contribution is 2.21. The van der Waals surface area contributed by atoms with E-state index in [9.17, 15) is 4.79 Å². The molecule has 1 amide bonds. The minimum atomic E-state index is -0.221. The number of aromatic amines is 1. The summed E-state index contributed by atoms with van der Waals surface area (Å²) in [6.45, 7) is 5.32. The van der Waals surface area contributed by atoms with Crippen LogP contribution in [0.1, 0.15) is 29.0 Å². The second-order valence-electron chi connectivity index (χ2n) is 5.92. The summed E-state index contributed by atoms with van der Waals surface area (Å²) in [7, 11) is 0. The number of nitrogens with zero attached hydrogens (tertiary/aromatic N) is 3. The van der Waals surface area contributed by atoms with Crippen molar-refractivity contribution in [2.75, 3.05) is 0 Å². The number of ether oxygens (including phenoxy) is 1. The predicted molar refractivity (Wildman–Crippen MR) is 112 cm³/mol. The van der Waals surface area contributed by atoms with E-state index in [0.29, 0.717) is 36.0 Å². The molecule has 2 aromatic heterocycles. The van der Waals surface area contributed by atoms with E-state index in [1.165, 1.54) is 6.08 Å². The van der Waals surface area contributed by atoms with Crippen LogP contribution in [0.15, 0.2) is 35.7 Å². The zero-order chi connectivity index (χ0) is 19.9. The molecule has 2 heterocycles. The van der Waals surface area contributed by atoms with Gasteiger partial charge in [-0.05, 0) is 38.2 Å². The Hall–Kier alpha value is -2.78. The molecule has 3 aromatic rings. The Morgan fingerprint density at radius 2 is 2.25 bits per heavy atom. The monoisotopic (exact) mass is 415 g/mol. The van der Waals surface area contributed by atoms with Crippen molar-refractivity contribution in [3.05, 3.63) is 62.6 Å². The van der Waals surface area contributed by atoms with Gasteiger partial charge in [-0.2, -0.15) is 5.10 Å². The van der Waals surface area contributed by atoms with Crippen LogP contribution in [0.4, 0.5) is 0 Å². The SMILES string of the molecule is CCn1c(CNC(=O)C=Cc2ccccc2OCc2csc(C)n2)n[nH]c1=S. The zero-order valence-electron chi connectivity index (χ0n) is 15.6. The lowest BCUT2D eigenvalue weighted by atomic mass is 10.2. The summed E-state index contributed by atoms with van der Waals surface area (Å²) < 4.78 is 8.24. The van der Waals surface area contributed by atoms with Gasteiger partial charge in [-0.15, -0.1) is 11.3 Å². The number of rotatable bonds is 8. The van der Waals surface area contributed by atoms with E-state index in [2.05, 4.69) is 20.5 Å². The van der Waals surface area contributed by atoms with Gasteiger partial charge in [0.25, 0.3) is 0 Å². The van der Waals surface area contributed by atoms with Gasteiger partial charge in [-0.25, -0.2) is 4.98 Å². The maximum Gasteiger partial charge on any atom is 0.244 e. The Kier molecular flexibility index (Phi) is 6.72. The minimum Gasteiger partial charge on any atom is -0.487 e. The van der Waals surface area contributed by atoms with Crippen molar-refractivity contribution in [1.29, 1.82) is 0 Å². The van der Waals surface area contributed by atoms with Gasteiger partial charge in [0, 0.05) is 23.6 Å². The van der Waals surface area contributed by atoms with E-state index in [1.807, 2.05) is 48.1 Å². The van der Waals surface area contributed by atoms with E-state index in [1.54, 1.807) is 17.4 Å². The zero-order valence-corrected chi connectivity index (χ0v) is 17.3. The van der Waals surface area contributed by atoms with Crippen molar-refractivity contribution in [3.8, 4) is 5.75 Å². The number of H-pyrrole nitrogens is 1. The molecule has 146 valence electrons. The number of para-hydroxylation sites is 1. The van der Waals surface area contributed by atoms with Crippen LogP contribution in [-0.2, 0) is 24.5 Å². The Morgan fingerprint density at radius 1 is 1.43 bits per heavy atom. The smallest absolute Gasteiger partial charge is 0.244 e. The van der Waals surface area contributed by atoms with Gasteiger partial charge in [0.1, 0.15) is 12.4 Å². The number of hydrogen-bond donors (Lipinski definition) is 2. The second-order valence-corrected chi connectivity index (χ2v) is 7.37. The van der Waals surface area contributed by atoms with E-state index >= 15 is 0 Å². The fourth-order valence-corrected chi connectivity index (χ4v) is 3.46. The largest absolute Gasteiger partial charge is 0.487 e. The number of carbonyl (C=O) groups excluding carboxylic acids is 1. The van der Waals surface area contributed by atoms with Gasteiger partial charge in [-0.3, -0.25) is 9.89 Å². The first kappa shape index (κ1) is 20.0. The van der Waals surface area contributed by atoms with Gasteiger partial charge >= 0.3 is 0 Å². The van der Waals surface area contributed by atoms with Crippen molar-refractivity contribution in [2.24, 2.45) is 0 Å². The third-order valence-electron chi connectivity index (χ3n) is 3.95. The molecule has 0 aliphatic carbocycles. The lowest BCUT2D eigenvalue weighted by molar-refractivity contribution is -0.116. The molecule has 0 saturated heterocycles. The van der Waals surface area contributed by atoms with Crippen LogP contribution in [0.25, 0.3) is 6.08 Å². The summed E-state index contributed by atoms with van der Waals surface area (Å²) in [5, 5.41) is 12.7. The van der Waals surface area contributed by atoms with Gasteiger partial charge in [0.2, 0.25) is 5.91 Å². The van der Waals surface area contributed by atoms with Crippen LogP contribution in [0, 0.1) is 11.7 Å². The molecular weight excluding hydrogens is 394 g/mol. The van der Waals surface area contributed by atoms with Gasteiger partial charge < -0.3 is 14.6 Å². The number of aromatic nitrogens is 4. The summed E-state index contributed by atoms with van der Waals surface area (Å²) in [5.74, 6) is 1.17. The molecule has 0 radical (unpaired) electrons. The van der Waals surface area contributed by atoms with Crippen LogP contribution in [-0.4, -0.2) is 25.7 Å². The molecule has 0 bridgehead atoms. The van der Waals surface area contributed by atoms with Crippen LogP contribution >= 0.6 is 23.6 Å². The second kappa shape index (κ2) is 9.43. The topological polar surface area (TPSA) is 84.8 Å². The van der Waals surface area contributed by atoms with Crippen molar-refractivity contribution in [3.63, 3.8) is 0 Å². The Labute approximate surface area is 172 Å². The molecule has 7 nitrogen and oxygen atoms in total. The van der Waals surface area contributed by atoms with Gasteiger partial charge in [0.05, 0.1) is 17.2 Å². The molecular formula is C19H21N5O2S2. The standard InChI is InChI=1S/C19H21N5O2S2/c1-3-24-17(22-23-19(24)27)10-20-18(25)9-8-14-6-4-5-7-16(14)26-11-15-12-28-13(2)21-15/h4-9,12H,3,10-11H2,1-2H3,(H,20,25)(H,23,27). The van der Waals surface area contributed by atoms with E-state index in [0.717, 1.165) is 16.3 Å².